The molecule has 2 heterocycles. The lowest BCUT2D eigenvalue weighted by molar-refractivity contribution is 0.589. The van der Waals surface area contributed by atoms with Gasteiger partial charge in [0.15, 0.2) is 0 Å². The number of anilines is 3. The van der Waals surface area contributed by atoms with Crippen molar-refractivity contribution in [2.75, 3.05) is 36.0 Å². The van der Waals surface area contributed by atoms with Crippen molar-refractivity contribution in [1.29, 1.82) is 0 Å². The van der Waals surface area contributed by atoms with Gasteiger partial charge >= 0.3 is 0 Å². The Morgan fingerprint density at radius 1 is 0.923 bits per heavy atom. The summed E-state index contributed by atoms with van der Waals surface area (Å²) >= 11 is 0. The quantitative estimate of drug-likeness (QED) is 0.766. The highest BCUT2D eigenvalue weighted by Crippen LogP contribution is 2.27. The third-order valence-electron chi connectivity index (χ3n) is 4.54. The van der Waals surface area contributed by atoms with Crippen LogP contribution < -0.4 is 15.1 Å². The van der Waals surface area contributed by atoms with E-state index >= 15 is 0 Å². The molecule has 0 amide bonds. The molecule has 1 aliphatic rings. The van der Waals surface area contributed by atoms with Gasteiger partial charge in [0.25, 0.3) is 0 Å². The van der Waals surface area contributed by atoms with E-state index in [-0.39, 0.29) is 0 Å². The third kappa shape index (κ3) is 3.81. The van der Waals surface area contributed by atoms with Crippen molar-refractivity contribution in [2.45, 2.75) is 6.54 Å². The van der Waals surface area contributed by atoms with Gasteiger partial charge in [-0.1, -0.05) is 30.3 Å². The number of hydrogen-bond donors (Lipinski definition) is 1. The van der Waals surface area contributed by atoms with Crippen molar-refractivity contribution >= 4 is 17.3 Å². The molecule has 26 heavy (non-hydrogen) atoms. The molecule has 0 bridgehead atoms. The molecule has 0 atom stereocenters. The van der Waals surface area contributed by atoms with Crippen LogP contribution in [0.15, 0.2) is 67.0 Å². The average Bonchev–Trinajstić information content (AvgIpc) is 2.74. The molecule has 1 N–H and O–H groups in total. The fourth-order valence-corrected chi connectivity index (χ4v) is 3.17. The molecular formula is C20H22N6. The molecule has 1 aliphatic heterocycles. The number of benzene rings is 2. The zero-order valence-corrected chi connectivity index (χ0v) is 14.6. The summed E-state index contributed by atoms with van der Waals surface area (Å²) < 4.78 is 0. The number of aromatic nitrogens is 3. The van der Waals surface area contributed by atoms with Crippen molar-refractivity contribution in [3.05, 3.63) is 72.6 Å². The molecular weight excluding hydrogens is 324 g/mol. The highest BCUT2D eigenvalue weighted by molar-refractivity contribution is 5.62. The van der Waals surface area contributed by atoms with Gasteiger partial charge in [0, 0.05) is 37.6 Å². The van der Waals surface area contributed by atoms with E-state index in [1.54, 1.807) is 12.4 Å². The SMILES string of the molecule is c1ccc(CN(c2ccc(N3CCNCC3)cc2)c2nccnn2)cc1. The number of hydrogen-bond acceptors (Lipinski definition) is 6. The van der Waals surface area contributed by atoms with E-state index in [4.69, 9.17) is 0 Å². The van der Waals surface area contributed by atoms with Crippen LogP contribution >= 0.6 is 0 Å². The summed E-state index contributed by atoms with van der Waals surface area (Å²) in [5, 5.41) is 11.6. The van der Waals surface area contributed by atoms with Crippen LogP contribution in [0.5, 0.6) is 0 Å². The fourth-order valence-electron chi connectivity index (χ4n) is 3.17. The Hall–Kier alpha value is -2.99. The lowest BCUT2D eigenvalue weighted by atomic mass is 10.2. The van der Waals surface area contributed by atoms with Gasteiger partial charge in [0.2, 0.25) is 5.95 Å². The molecule has 1 aromatic heterocycles. The van der Waals surface area contributed by atoms with E-state index in [0.717, 1.165) is 31.9 Å². The lowest BCUT2D eigenvalue weighted by Gasteiger charge is -2.30. The standard InChI is InChI=1S/C20H22N6/c1-2-4-17(5-3-1)16-26(20-22-10-11-23-24-20)19-8-6-18(7-9-19)25-14-12-21-13-15-25/h1-11,21H,12-16H2. The number of piperazine rings is 1. The molecule has 0 aliphatic carbocycles. The summed E-state index contributed by atoms with van der Waals surface area (Å²) in [6.45, 7) is 4.84. The predicted octanol–water partition coefficient (Wildman–Crippen LogP) is 2.62. The molecule has 0 radical (unpaired) electrons. The second kappa shape index (κ2) is 7.93. The molecule has 0 saturated carbocycles. The fraction of sp³-hybridized carbons (Fsp3) is 0.250. The highest BCUT2D eigenvalue weighted by Gasteiger charge is 2.15. The highest BCUT2D eigenvalue weighted by atomic mass is 15.3. The van der Waals surface area contributed by atoms with Crippen molar-refractivity contribution < 1.29 is 0 Å². The molecule has 4 rings (SSSR count). The van der Waals surface area contributed by atoms with Gasteiger partial charge in [-0.2, -0.15) is 5.10 Å². The normalized spacial score (nSPS) is 14.2. The van der Waals surface area contributed by atoms with Gasteiger partial charge < -0.3 is 15.1 Å². The minimum atomic E-state index is 0.603. The third-order valence-corrected chi connectivity index (χ3v) is 4.54. The Bertz CT molecular complexity index is 801. The van der Waals surface area contributed by atoms with E-state index in [1.807, 2.05) is 18.2 Å². The maximum Gasteiger partial charge on any atom is 0.250 e. The first kappa shape index (κ1) is 16.5. The summed E-state index contributed by atoms with van der Waals surface area (Å²) in [7, 11) is 0. The van der Waals surface area contributed by atoms with E-state index in [1.165, 1.54) is 11.3 Å². The Morgan fingerprint density at radius 2 is 1.69 bits per heavy atom. The second-order valence-corrected chi connectivity index (χ2v) is 6.27. The summed E-state index contributed by atoms with van der Waals surface area (Å²) in [5.41, 5.74) is 3.51. The van der Waals surface area contributed by atoms with E-state index in [2.05, 4.69) is 66.7 Å². The lowest BCUT2D eigenvalue weighted by Crippen LogP contribution is -2.43. The molecule has 6 heteroatoms. The monoisotopic (exact) mass is 346 g/mol. The minimum Gasteiger partial charge on any atom is -0.369 e. The average molecular weight is 346 g/mol. The van der Waals surface area contributed by atoms with E-state index in [0.29, 0.717) is 12.5 Å². The van der Waals surface area contributed by atoms with Crippen LogP contribution in [0.2, 0.25) is 0 Å². The van der Waals surface area contributed by atoms with Crippen LogP contribution in [0.1, 0.15) is 5.56 Å². The first-order valence-corrected chi connectivity index (χ1v) is 8.91. The van der Waals surface area contributed by atoms with Crippen LogP contribution in [-0.2, 0) is 6.54 Å². The van der Waals surface area contributed by atoms with Gasteiger partial charge in [0.05, 0.1) is 18.9 Å². The largest absolute Gasteiger partial charge is 0.369 e. The first-order valence-electron chi connectivity index (χ1n) is 8.91. The van der Waals surface area contributed by atoms with Crippen LogP contribution in [0.25, 0.3) is 0 Å². The predicted molar refractivity (Wildman–Crippen MR) is 104 cm³/mol. The van der Waals surface area contributed by atoms with E-state index in [9.17, 15) is 0 Å². The van der Waals surface area contributed by atoms with Gasteiger partial charge in [-0.05, 0) is 29.8 Å². The van der Waals surface area contributed by atoms with Crippen molar-refractivity contribution in [3.63, 3.8) is 0 Å². The summed E-state index contributed by atoms with van der Waals surface area (Å²) in [4.78, 5) is 8.89. The Kier molecular flexibility index (Phi) is 5.02. The van der Waals surface area contributed by atoms with Crippen LogP contribution in [-0.4, -0.2) is 41.4 Å². The molecule has 1 saturated heterocycles. The van der Waals surface area contributed by atoms with Crippen molar-refractivity contribution in [2.24, 2.45) is 0 Å². The molecule has 6 nitrogen and oxygen atoms in total. The van der Waals surface area contributed by atoms with Gasteiger partial charge in [-0.15, -0.1) is 5.10 Å². The second-order valence-electron chi connectivity index (χ2n) is 6.27. The Labute approximate surface area is 153 Å². The Morgan fingerprint density at radius 3 is 2.38 bits per heavy atom. The van der Waals surface area contributed by atoms with Crippen LogP contribution in [0, 0.1) is 0 Å². The topological polar surface area (TPSA) is 57.2 Å². The summed E-state index contributed by atoms with van der Waals surface area (Å²) in [5.74, 6) is 0.603. The molecule has 3 aromatic rings. The van der Waals surface area contributed by atoms with Crippen molar-refractivity contribution in [1.82, 2.24) is 20.5 Å². The number of nitrogens with zero attached hydrogens (tertiary/aromatic N) is 5. The van der Waals surface area contributed by atoms with Gasteiger partial charge in [-0.3, -0.25) is 0 Å². The van der Waals surface area contributed by atoms with Gasteiger partial charge in [-0.25, -0.2) is 4.98 Å². The molecule has 0 unspecified atom stereocenters. The molecule has 132 valence electrons. The van der Waals surface area contributed by atoms with Crippen LogP contribution in [0.4, 0.5) is 17.3 Å². The molecule has 2 aromatic carbocycles. The zero-order chi connectivity index (χ0) is 17.6. The maximum atomic E-state index is 4.40. The van der Waals surface area contributed by atoms with Crippen LogP contribution in [0.3, 0.4) is 0 Å². The first-order chi connectivity index (χ1) is 12.9. The minimum absolute atomic E-state index is 0.603. The summed E-state index contributed by atoms with van der Waals surface area (Å²) in [6, 6.07) is 19.0. The Balaban J connectivity index is 1.61. The van der Waals surface area contributed by atoms with Crippen molar-refractivity contribution in [3.8, 4) is 0 Å². The molecule has 1 fully saturated rings. The number of rotatable bonds is 5. The zero-order valence-electron chi connectivity index (χ0n) is 14.6. The summed E-state index contributed by atoms with van der Waals surface area (Å²) in [6.07, 6.45) is 3.27. The smallest absolute Gasteiger partial charge is 0.250 e. The molecule has 0 spiro atoms. The van der Waals surface area contributed by atoms with Gasteiger partial charge in [0.1, 0.15) is 0 Å². The van der Waals surface area contributed by atoms with E-state index < -0.39 is 0 Å². The maximum absolute atomic E-state index is 4.40. The number of nitrogens with one attached hydrogen (secondary N) is 1.